The van der Waals surface area contributed by atoms with Crippen LogP contribution in [-0.4, -0.2) is 14.8 Å². The highest BCUT2D eigenvalue weighted by Gasteiger charge is 2.28. The van der Waals surface area contributed by atoms with Gasteiger partial charge in [-0.1, -0.05) is 6.07 Å². The number of nitrogens with two attached hydrogens (primary N) is 1. The number of hydrogen-bond donors (Lipinski definition) is 1. The Morgan fingerprint density at radius 2 is 2.24 bits per heavy atom. The van der Waals surface area contributed by atoms with Crippen LogP contribution in [0.25, 0.3) is 5.69 Å². The molecule has 5 heteroatoms. The molecule has 1 aromatic heterocycles. The van der Waals surface area contributed by atoms with Crippen LogP contribution >= 0.6 is 0 Å². The molecule has 0 amide bonds. The smallest absolute Gasteiger partial charge is 0.154 e. The second-order valence-electron chi connectivity index (χ2n) is 4.26. The number of nitrogens with zero attached hydrogens (tertiary/aromatic N) is 3. The van der Waals surface area contributed by atoms with Crippen molar-refractivity contribution in [2.75, 3.05) is 0 Å². The number of hydrogen-bond acceptors (Lipinski definition) is 3. The summed E-state index contributed by atoms with van der Waals surface area (Å²) in [5, 5.41) is 4.41. The van der Waals surface area contributed by atoms with Gasteiger partial charge < -0.3 is 5.73 Å². The van der Waals surface area contributed by atoms with Crippen LogP contribution in [0.4, 0.5) is 4.39 Å². The van der Waals surface area contributed by atoms with Crippen LogP contribution in [0.1, 0.15) is 30.4 Å². The van der Waals surface area contributed by atoms with E-state index in [-0.39, 0.29) is 5.82 Å². The van der Waals surface area contributed by atoms with Gasteiger partial charge in [0, 0.05) is 5.92 Å². The molecule has 0 radical (unpaired) electrons. The standard InChI is InChI=1S/C12H13FN4/c13-9-2-1-3-10(6-9)17-11(7-14)15-12(16-17)8-4-5-8/h1-3,6,8H,4-5,7,14H2. The minimum absolute atomic E-state index is 0.283. The fourth-order valence-electron chi connectivity index (χ4n) is 1.82. The third-order valence-corrected chi connectivity index (χ3v) is 2.87. The van der Waals surface area contributed by atoms with Crippen molar-refractivity contribution in [1.82, 2.24) is 14.8 Å². The molecule has 0 aliphatic heterocycles. The van der Waals surface area contributed by atoms with Crippen LogP contribution in [0.2, 0.25) is 0 Å². The lowest BCUT2D eigenvalue weighted by Crippen LogP contribution is -2.08. The molecule has 17 heavy (non-hydrogen) atoms. The van der Waals surface area contributed by atoms with E-state index in [1.54, 1.807) is 16.8 Å². The summed E-state index contributed by atoms with van der Waals surface area (Å²) in [6.07, 6.45) is 2.27. The Balaban J connectivity index is 2.06. The maximum absolute atomic E-state index is 13.2. The first kappa shape index (κ1) is 10.4. The molecule has 1 saturated carbocycles. The molecule has 0 bridgehead atoms. The van der Waals surface area contributed by atoms with Gasteiger partial charge in [0.1, 0.15) is 11.6 Å². The molecule has 0 spiro atoms. The number of halogens is 1. The first-order valence-electron chi connectivity index (χ1n) is 5.70. The van der Waals surface area contributed by atoms with E-state index in [2.05, 4.69) is 10.1 Å². The number of aromatic nitrogens is 3. The molecule has 0 atom stereocenters. The van der Waals surface area contributed by atoms with E-state index < -0.39 is 0 Å². The molecular weight excluding hydrogens is 219 g/mol. The highest BCUT2D eigenvalue weighted by atomic mass is 19.1. The molecule has 2 N–H and O–H groups in total. The van der Waals surface area contributed by atoms with Gasteiger partial charge in [0.2, 0.25) is 0 Å². The van der Waals surface area contributed by atoms with E-state index in [0.29, 0.717) is 24.0 Å². The third kappa shape index (κ3) is 1.93. The molecule has 0 saturated heterocycles. The first-order valence-corrected chi connectivity index (χ1v) is 5.70. The van der Waals surface area contributed by atoms with Crippen LogP contribution in [0.5, 0.6) is 0 Å². The molecular formula is C12H13FN4. The van der Waals surface area contributed by atoms with Gasteiger partial charge in [-0.15, -0.1) is 0 Å². The molecule has 3 rings (SSSR count). The van der Waals surface area contributed by atoms with Crippen molar-refractivity contribution in [3.8, 4) is 5.69 Å². The summed E-state index contributed by atoms with van der Waals surface area (Å²) in [4.78, 5) is 4.40. The SMILES string of the molecule is NCc1nc(C2CC2)nn1-c1cccc(F)c1. The second kappa shape index (κ2) is 3.92. The van der Waals surface area contributed by atoms with E-state index in [9.17, 15) is 4.39 Å². The van der Waals surface area contributed by atoms with Gasteiger partial charge in [-0.05, 0) is 31.0 Å². The van der Waals surface area contributed by atoms with Crippen molar-refractivity contribution >= 4 is 0 Å². The second-order valence-corrected chi connectivity index (χ2v) is 4.26. The normalized spacial score (nSPS) is 15.2. The van der Waals surface area contributed by atoms with Crippen LogP contribution in [-0.2, 0) is 6.54 Å². The van der Waals surface area contributed by atoms with Gasteiger partial charge >= 0.3 is 0 Å². The Morgan fingerprint density at radius 3 is 2.88 bits per heavy atom. The quantitative estimate of drug-likeness (QED) is 0.877. The zero-order valence-corrected chi connectivity index (χ0v) is 9.31. The molecule has 2 aromatic rings. The summed E-state index contributed by atoms with van der Waals surface area (Å²) < 4.78 is 14.8. The van der Waals surface area contributed by atoms with Gasteiger partial charge in [-0.2, -0.15) is 5.10 Å². The summed E-state index contributed by atoms with van der Waals surface area (Å²) >= 11 is 0. The van der Waals surface area contributed by atoms with Gasteiger partial charge in [-0.3, -0.25) is 0 Å². The van der Waals surface area contributed by atoms with Crippen molar-refractivity contribution in [3.63, 3.8) is 0 Å². The lowest BCUT2D eigenvalue weighted by atomic mass is 10.3. The monoisotopic (exact) mass is 232 g/mol. The van der Waals surface area contributed by atoms with Crippen molar-refractivity contribution in [2.45, 2.75) is 25.3 Å². The van der Waals surface area contributed by atoms with Crippen molar-refractivity contribution < 1.29 is 4.39 Å². The highest BCUT2D eigenvalue weighted by Crippen LogP contribution is 2.38. The summed E-state index contributed by atoms with van der Waals surface area (Å²) in [5.41, 5.74) is 6.31. The molecule has 4 nitrogen and oxygen atoms in total. The first-order chi connectivity index (χ1) is 8.28. The summed E-state index contributed by atoms with van der Waals surface area (Å²) in [5.74, 6) is 1.69. The third-order valence-electron chi connectivity index (χ3n) is 2.87. The Hall–Kier alpha value is -1.75. The molecule has 1 heterocycles. The molecule has 1 aromatic carbocycles. The largest absolute Gasteiger partial charge is 0.324 e. The fraction of sp³-hybridized carbons (Fsp3) is 0.333. The molecule has 1 aliphatic rings. The predicted octanol–water partition coefficient (Wildman–Crippen LogP) is 1.74. The Bertz CT molecular complexity index is 545. The van der Waals surface area contributed by atoms with Gasteiger partial charge in [0.15, 0.2) is 5.82 Å². The lowest BCUT2D eigenvalue weighted by Gasteiger charge is -2.03. The molecule has 88 valence electrons. The Kier molecular flexibility index (Phi) is 2.40. The minimum atomic E-state index is -0.283. The predicted molar refractivity (Wildman–Crippen MR) is 61.2 cm³/mol. The van der Waals surface area contributed by atoms with Crippen LogP contribution < -0.4 is 5.73 Å². The lowest BCUT2D eigenvalue weighted by molar-refractivity contribution is 0.624. The Morgan fingerprint density at radius 1 is 1.41 bits per heavy atom. The number of benzene rings is 1. The fourth-order valence-corrected chi connectivity index (χ4v) is 1.82. The van der Waals surface area contributed by atoms with Crippen molar-refractivity contribution in [1.29, 1.82) is 0 Å². The van der Waals surface area contributed by atoms with E-state index in [1.807, 2.05) is 0 Å². The van der Waals surface area contributed by atoms with Gasteiger partial charge in [0.25, 0.3) is 0 Å². The van der Waals surface area contributed by atoms with Crippen LogP contribution in [0.3, 0.4) is 0 Å². The highest BCUT2D eigenvalue weighted by molar-refractivity contribution is 5.32. The summed E-state index contributed by atoms with van der Waals surface area (Å²) in [6, 6.07) is 6.30. The topological polar surface area (TPSA) is 56.7 Å². The zero-order valence-electron chi connectivity index (χ0n) is 9.31. The van der Waals surface area contributed by atoms with E-state index in [1.165, 1.54) is 12.1 Å². The Labute approximate surface area is 98.3 Å². The average molecular weight is 232 g/mol. The molecule has 0 unspecified atom stereocenters. The zero-order chi connectivity index (χ0) is 11.8. The van der Waals surface area contributed by atoms with Crippen molar-refractivity contribution in [3.05, 3.63) is 41.7 Å². The average Bonchev–Trinajstić information content (AvgIpc) is 3.09. The van der Waals surface area contributed by atoms with E-state index in [4.69, 9.17) is 5.73 Å². The number of rotatable bonds is 3. The van der Waals surface area contributed by atoms with Gasteiger partial charge in [-0.25, -0.2) is 14.1 Å². The summed E-state index contributed by atoms with van der Waals surface area (Å²) in [6.45, 7) is 0.302. The van der Waals surface area contributed by atoms with E-state index in [0.717, 1.165) is 18.7 Å². The van der Waals surface area contributed by atoms with E-state index >= 15 is 0 Å². The van der Waals surface area contributed by atoms with Crippen LogP contribution in [0, 0.1) is 5.82 Å². The van der Waals surface area contributed by atoms with Crippen LogP contribution in [0.15, 0.2) is 24.3 Å². The van der Waals surface area contributed by atoms with Crippen molar-refractivity contribution in [2.24, 2.45) is 5.73 Å². The minimum Gasteiger partial charge on any atom is -0.324 e. The maximum Gasteiger partial charge on any atom is 0.154 e. The molecule has 1 aliphatic carbocycles. The van der Waals surface area contributed by atoms with Gasteiger partial charge in [0.05, 0.1) is 12.2 Å². The summed E-state index contributed by atoms with van der Waals surface area (Å²) in [7, 11) is 0. The molecule has 1 fully saturated rings. The maximum atomic E-state index is 13.2.